The predicted molar refractivity (Wildman–Crippen MR) is 65.3 cm³/mol. The zero-order valence-corrected chi connectivity index (χ0v) is 10.5. The molecular formula is C12H26N2O2. The molecule has 1 rings (SSSR count). The Morgan fingerprint density at radius 2 is 2.25 bits per heavy atom. The Kier molecular flexibility index (Phi) is 6.28. The first-order valence-corrected chi connectivity index (χ1v) is 6.35. The summed E-state index contributed by atoms with van der Waals surface area (Å²) < 4.78 is 5.48. The molecule has 0 aromatic carbocycles. The van der Waals surface area contributed by atoms with Gasteiger partial charge >= 0.3 is 0 Å². The molecule has 0 aliphatic carbocycles. The van der Waals surface area contributed by atoms with Gasteiger partial charge in [-0.15, -0.1) is 0 Å². The van der Waals surface area contributed by atoms with Crippen LogP contribution < -0.4 is 11.1 Å². The molecule has 4 N–H and O–H groups in total. The molecule has 4 unspecified atom stereocenters. The van der Waals surface area contributed by atoms with Crippen LogP contribution in [0.5, 0.6) is 0 Å². The molecule has 0 saturated carbocycles. The van der Waals surface area contributed by atoms with Crippen LogP contribution in [0, 0.1) is 5.92 Å². The van der Waals surface area contributed by atoms with Crippen molar-refractivity contribution in [3.05, 3.63) is 0 Å². The van der Waals surface area contributed by atoms with Crippen molar-refractivity contribution >= 4 is 0 Å². The second-order valence-electron chi connectivity index (χ2n) is 4.97. The average Bonchev–Trinajstić information content (AvgIpc) is 2.26. The summed E-state index contributed by atoms with van der Waals surface area (Å²) in [6.45, 7) is 6.25. The van der Waals surface area contributed by atoms with Crippen LogP contribution >= 0.6 is 0 Å². The summed E-state index contributed by atoms with van der Waals surface area (Å²) in [5, 5.41) is 12.8. The summed E-state index contributed by atoms with van der Waals surface area (Å²) in [4.78, 5) is 0. The molecule has 0 radical (unpaired) electrons. The van der Waals surface area contributed by atoms with Crippen LogP contribution in [0.2, 0.25) is 0 Å². The molecular weight excluding hydrogens is 204 g/mol. The lowest BCUT2D eigenvalue weighted by Gasteiger charge is -2.32. The molecule has 1 saturated heterocycles. The molecule has 0 spiro atoms. The third-order valence-corrected chi connectivity index (χ3v) is 3.21. The van der Waals surface area contributed by atoms with Gasteiger partial charge in [0.1, 0.15) is 0 Å². The number of rotatable bonds is 6. The van der Waals surface area contributed by atoms with Crippen LogP contribution in [0.25, 0.3) is 0 Å². The van der Waals surface area contributed by atoms with Crippen molar-refractivity contribution < 1.29 is 9.84 Å². The zero-order valence-electron chi connectivity index (χ0n) is 10.5. The van der Waals surface area contributed by atoms with E-state index in [9.17, 15) is 5.11 Å². The van der Waals surface area contributed by atoms with Gasteiger partial charge in [-0.2, -0.15) is 0 Å². The highest BCUT2D eigenvalue weighted by Crippen LogP contribution is 2.17. The molecule has 0 bridgehead atoms. The van der Waals surface area contributed by atoms with E-state index in [4.69, 9.17) is 10.5 Å². The molecule has 0 aromatic heterocycles. The fourth-order valence-electron chi connectivity index (χ4n) is 2.42. The maximum atomic E-state index is 9.32. The van der Waals surface area contributed by atoms with Crippen LogP contribution in [-0.4, -0.2) is 43.1 Å². The Morgan fingerprint density at radius 3 is 2.75 bits per heavy atom. The fourth-order valence-corrected chi connectivity index (χ4v) is 2.42. The summed E-state index contributed by atoms with van der Waals surface area (Å²) in [7, 11) is 0. The van der Waals surface area contributed by atoms with Crippen molar-refractivity contribution in [1.29, 1.82) is 0 Å². The third kappa shape index (κ3) is 4.78. The largest absolute Gasteiger partial charge is 0.393 e. The van der Waals surface area contributed by atoms with Crippen LogP contribution in [-0.2, 0) is 4.74 Å². The van der Waals surface area contributed by atoms with E-state index in [1.807, 2.05) is 6.92 Å². The quantitative estimate of drug-likeness (QED) is 0.621. The van der Waals surface area contributed by atoms with Gasteiger partial charge in [0.2, 0.25) is 0 Å². The van der Waals surface area contributed by atoms with Crippen molar-refractivity contribution in [3.63, 3.8) is 0 Å². The van der Waals surface area contributed by atoms with Gasteiger partial charge in [-0.1, -0.05) is 0 Å². The molecule has 4 atom stereocenters. The average molecular weight is 230 g/mol. The number of nitrogens with two attached hydrogens (primary N) is 1. The summed E-state index contributed by atoms with van der Waals surface area (Å²) >= 11 is 0. The van der Waals surface area contributed by atoms with Gasteiger partial charge < -0.3 is 20.9 Å². The molecule has 16 heavy (non-hydrogen) atoms. The standard InChI is InChI=1S/C12H26N2O2/c1-9(6-10(2)15)14-12(7-13)11-4-3-5-16-8-11/h9-12,14-15H,3-8,13H2,1-2H3. The number of hydrogen-bond acceptors (Lipinski definition) is 4. The van der Waals surface area contributed by atoms with Crippen LogP contribution in [0.15, 0.2) is 0 Å². The Balaban J connectivity index is 2.34. The first-order valence-electron chi connectivity index (χ1n) is 6.35. The number of hydrogen-bond donors (Lipinski definition) is 3. The monoisotopic (exact) mass is 230 g/mol. The van der Waals surface area contributed by atoms with E-state index in [1.54, 1.807) is 0 Å². The van der Waals surface area contributed by atoms with E-state index in [1.165, 1.54) is 6.42 Å². The van der Waals surface area contributed by atoms with E-state index in [2.05, 4.69) is 12.2 Å². The molecule has 4 nitrogen and oxygen atoms in total. The number of aliphatic hydroxyl groups is 1. The SMILES string of the molecule is CC(O)CC(C)NC(CN)C1CCCOC1. The van der Waals surface area contributed by atoms with Crippen LogP contribution in [0.3, 0.4) is 0 Å². The highest BCUT2D eigenvalue weighted by atomic mass is 16.5. The van der Waals surface area contributed by atoms with E-state index < -0.39 is 0 Å². The lowest BCUT2D eigenvalue weighted by molar-refractivity contribution is 0.0377. The molecule has 1 aliphatic heterocycles. The van der Waals surface area contributed by atoms with Crippen LogP contribution in [0.4, 0.5) is 0 Å². The minimum atomic E-state index is -0.261. The number of aliphatic hydroxyl groups excluding tert-OH is 1. The highest BCUT2D eigenvalue weighted by Gasteiger charge is 2.24. The van der Waals surface area contributed by atoms with Crippen molar-refractivity contribution in [1.82, 2.24) is 5.32 Å². The minimum Gasteiger partial charge on any atom is -0.393 e. The molecule has 1 heterocycles. The number of nitrogens with one attached hydrogen (secondary N) is 1. The molecule has 96 valence electrons. The summed E-state index contributed by atoms with van der Waals surface area (Å²) in [5.74, 6) is 0.523. The Bertz CT molecular complexity index is 182. The normalized spacial score (nSPS) is 27.4. The van der Waals surface area contributed by atoms with Gasteiger partial charge in [-0.25, -0.2) is 0 Å². The van der Waals surface area contributed by atoms with E-state index in [-0.39, 0.29) is 6.10 Å². The van der Waals surface area contributed by atoms with Gasteiger partial charge in [0.05, 0.1) is 12.7 Å². The van der Waals surface area contributed by atoms with E-state index in [0.29, 0.717) is 24.5 Å². The molecule has 0 amide bonds. The predicted octanol–water partition coefficient (Wildman–Crippen LogP) is 0.489. The lowest BCUT2D eigenvalue weighted by Crippen LogP contribution is -2.49. The smallest absolute Gasteiger partial charge is 0.0526 e. The Labute approximate surface area is 98.5 Å². The fraction of sp³-hybridized carbons (Fsp3) is 1.00. The maximum absolute atomic E-state index is 9.32. The second-order valence-corrected chi connectivity index (χ2v) is 4.97. The minimum absolute atomic E-state index is 0.261. The van der Waals surface area contributed by atoms with Crippen molar-refractivity contribution in [3.8, 4) is 0 Å². The number of ether oxygens (including phenoxy) is 1. The van der Waals surface area contributed by atoms with E-state index >= 15 is 0 Å². The van der Waals surface area contributed by atoms with Crippen LogP contribution in [0.1, 0.15) is 33.1 Å². The van der Waals surface area contributed by atoms with Gasteiger partial charge in [0.15, 0.2) is 0 Å². The second kappa shape index (κ2) is 7.22. The molecule has 1 aliphatic rings. The Hall–Kier alpha value is -0.160. The van der Waals surface area contributed by atoms with E-state index in [0.717, 1.165) is 26.1 Å². The lowest BCUT2D eigenvalue weighted by atomic mass is 9.93. The van der Waals surface area contributed by atoms with Crippen molar-refractivity contribution in [2.24, 2.45) is 11.7 Å². The first kappa shape index (κ1) is 13.9. The summed E-state index contributed by atoms with van der Waals surface area (Å²) in [5.41, 5.74) is 5.80. The topological polar surface area (TPSA) is 67.5 Å². The maximum Gasteiger partial charge on any atom is 0.0526 e. The van der Waals surface area contributed by atoms with Gasteiger partial charge in [-0.05, 0) is 39.0 Å². The third-order valence-electron chi connectivity index (χ3n) is 3.21. The van der Waals surface area contributed by atoms with Gasteiger partial charge in [-0.3, -0.25) is 0 Å². The van der Waals surface area contributed by atoms with Gasteiger partial charge in [0.25, 0.3) is 0 Å². The molecule has 4 heteroatoms. The Morgan fingerprint density at radius 1 is 1.50 bits per heavy atom. The summed E-state index contributed by atoms with van der Waals surface area (Å²) in [6.07, 6.45) is 2.83. The molecule has 0 aromatic rings. The van der Waals surface area contributed by atoms with Crippen molar-refractivity contribution in [2.45, 2.75) is 51.3 Å². The zero-order chi connectivity index (χ0) is 12.0. The van der Waals surface area contributed by atoms with Crippen molar-refractivity contribution in [2.75, 3.05) is 19.8 Å². The summed E-state index contributed by atoms with van der Waals surface area (Å²) in [6, 6.07) is 0.615. The van der Waals surface area contributed by atoms with Gasteiger partial charge in [0, 0.05) is 25.2 Å². The first-order chi connectivity index (χ1) is 7.63. The molecule has 1 fully saturated rings. The highest BCUT2D eigenvalue weighted by molar-refractivity contribution is 4.82.